The Balaban J connectivity index is 1.66. The summed E-state index contributed by atoms with van der Waals surface area (Å²) in [6.45, 7) is 2.29. The Morgan fingerprint density at radius 2 is 1.78 bits per heavy atom. The van der Waals surface area contributed by atoms with Crippen molar-refractivity contribution in [2.24, 2.45) is 5.92 Å². The number of aromatic nitrogens is 1. The number of pyridine rings is 1. The van der Waals surface area contributed by atoms with Crippen molar-refractivity contribution in [3.63, 3.8) is 0 Å². The maximum Gasteiger partial charge on any atom is 0.0991 e. The third-order valence-corrected chi connectivity index (χ3v) is 5.11. The quantitative estimate of drug-likeness (QED) is 0.727. The second-order valence-electron chi connectivity index (χ2n) is 6.67. The molecule has 1 saturated carbocycles. The van der Waals surface area contributed by atoms with Crippen molar-refractivity contribution in [3.8, 4) is 17.3 Å². The molecule has 1 aliphatic carbocycles. The summed E-state index contributed by atoms with van der Waals surface area (Å²) in [5.41, 5.74) is 4.13. The zero-order valence-electron chi connectivity index (χ0n) is 13.8. The minimum Gasteiger partial charge on any atom is -0.256 e. The molecule has 0 unspecified atom stereocenters. The highest BCUT2D eigenvalue weighted by atomic mass is 14.7. The molecule has 118 valence electrons. The normalized spacial score (nSPS) is 20.9. The predicted octanol–water partition coefficient (Wildman–Crippen LogP) is 5.69. The van der Waals surface area contributed by atoms with Crippen LogP contribution in [0.1, 0.15) is 62.5 Å². The van der Waals surface area contributed by atoms with Gasteiger partial charge >= 0.3 is 0 Å². The first-order chi connectivity index (χ1) is 11.3. The number of rotatable bonds is 4. The topological polar surface area (TPSA) is 36.7 Å². The van der Waals surface area contributed by atoms with E-state index in [1.54, 1.807) is 0 Å². The Hall–Kier alpha value is -2.14. The molecule has 1 aromatic heterocycles. The molecule has 0 radical (unpaired) electrons. The molecule has 1 aliphatic rings. The van der Waals surface area contributed by atoms with Crippen LogP contribution in [-0.4, -0.2) is 4.98 Å². The van der Waals surface area contributed by atoms with Crippen molar-refractivity contribution >= 4 is 0 Å². The molecule has 0 N–H and O–H groups in total. The maximum absolute atomic E-state index is 8.87. The van der Waals surface area contributed by atoms with Crippen molar-refractivity contribution in [1.82, 2.24) is 4.98 Å². The summed E-state index contributed by atoms with van der Waals surface area (Å²) in [7, 11) is 0. The molecular formula is C21H24N2. The molecule has 0 amide bonds. The molecule has 0 saturated heterocycles. The fraction of sp³-hybridized carbons (Fsp3) is 0.429. The lowest BCUT2D eigenvalue weighted by Crippen LogP contribution is -2.13. The standard InChI is InChI=1S/C21H24N2/c1-2-3-16-4-8-18(9-5-16)20-12-13-21(23-15-20)19-10-6-17(14-22)7-11-19/h6-7,10-13,15-16,18H,2-5,8-9H2,1H3. The van der Waals surface area contributed by atoms with Crippen LogP contribution in [-0.2, 0) is 0 Å². The number of hydrogen-bond donors (Lipinski definition) is 0. The van der Waals surface area contributed by atoms with Crippen LogP contribution >= 0.6 is 0 Å². The number of nitriles is 1. The summed E-state index contributed by atoms with van der Waals surface area (Å²) in [6, 6.07) is 14.1. The van der Waals surface area contributed by atoms with Crippen molar-refractivity contribution in [3.05, 3.63) is 53.7 Å². The summed E-state index contributed by atoms with van der Waals surface area (Å²) in [4.78, 5) is 4.65. The first-order valence-corrected chi connectivity index (χ1v) is 8.76. The highest BCUT2D eigenvalue weighted by molar-refractivity contribution is 5.60. The van der Waals surface area contributed by atoms with Crippen LogP contribution in [0.25, 0.3) is 11.3 Å². The summed E-state index contributed by atoms with van der Waals surface area (Å²) >= 11 is 0. The van der Waals surface area contributed by atoms with Gasteiger partial charge in [-0.1, -0.05) is 38.0 Å². The SMILES string of the molecule is CCCC1CCC(c2ccc(-c3ccc(C#N)cc3)nc2)CC1. The summed E-state index contributed by atoms with van der Waals surface area (Å²) in [6.07, 6.45) is 10.1. The molecule has 23 heavy (non-hydrogen) atoms. The van der Waals surface area contributed by atoms with Gasteiger partial charge in [0, 0.05) is 11.8 Å². The lowest BCUT2D eigenvalue weighted by molar-refractivity contribution is 0.308. The van der Waals surface area contributed by atoms with Gasteiger partial charge < -0.3 is 0 Å². The summed E-state index contributed by atoms with van der Waals surface area (Å²) in [5, 5.41) is 8.87. The molecule has 2 heteroatoms. The lowest BCUT2D eigenvalue weighted by Gasteiger charge is -2.28. The van der Waals surface area contributed by atoms with E-state index in [9.17, 15) is 0 Å². The van der Waals surface area contributed by atoms with E-state index >= 15 is 0 Å². The second kappa shape index (κ2) is 7.42. The minimum atomic E-state index is 0.686. The molecule has 2 aromatic rings. The molecule has 3 rings (SSSR count). The molecule has 1 heterocycles. The first-order valence-electron chi connectivity index (χ1n) is 8.76. The Morgan fingerprint density at radius 1 is 1.04 bits per heavy atom. The van der Waals surface area contributed by atoms with Gasteiger partial charge in [0.25, 0.3) is 0 Å². The smallest absolute Gasteiger partial charge is 0.0991 e. The van der Waals surface area contributed by atoms with E-state index in [1.165, 1.54) is 44.1 Å². The van der Waals surface area contributed by atoms with Crippen molar-refractivity contribution in [2.75, 3.05) is 0 Å². The monoisotopic (exact) mass is 304 g/mol. The van der Waals surface area contributed by atoms with Gasteiger partial charge in [0.05, 0.1) is 17.3 Å². The van der Waals surface area contributed by atoms with E-state index in [1.807, 2.05) is 24.3 Å². The summed E-state index contributed by atoms with van der Waals surface area (Å²) in [5.74, 6) is 1.63. The van der Waals surface area contributed by atoms with Gasteiger partial charge in [-0.05, 0) is 61.3 Å². The number of hydrogen-bond acceptors (Lipinski definition) is 2. The van der Waals surface area contributed by atoms with E-state index in [4.69, 9.17) is 5.26 Å². The van der Waals surface area contributed by atoms with Crippen LogP contribution in [0.15, 0.2) is 42.6 Å². The predicted molar refractivity (Wildman–Crippen MR) is 94.0 cm³/mol. The average Bonchev–Trinajstić information content (AvgIpc) is 2.63. The van der Waals surface area contributed by atoms with E-state index in [0.29, 0.717) is 11.5 Å². The Morgan fingerprint density at radius 3 is 2.35 bits per heavy atom. The van der Waals surface area contributed by atoms with E-state index < -0.39 is 0 Å². The van der Waals surface area contributed by atoms with Gasteiger partial charge in [-0.25, -0.2) is 0 Å². The van der Waals surface area contributed by atoms with Gasteiger partial charge in [0.1, 0.15) is 0 Å². The van der Waals surface area contributed by atoms with Crippen molar-refractivity contribution < 1.29 is 0 Å². The summed E-state index contributed by atoms with van der Waals surface area (Å²) < 4.78 is 0. The van der Waals surface area contributed by atoms with Crippen molar-refractivity contribution in [2.45, 2.75) is 51.4 Å². The molecule has 0 aliphatic heterocycles. The minimum absolute atomic E-state index is 0.686. The largest absolute Gasteiger partial charge is 0.256 e. The third-order valence-electron chi connectivity index (χ3n) is 5.11. The van der Waals surface area contributed by atoms with Crippen LogP contribution in [0.4, 0.5) is 0 Å². The average molecular weight is 304 g/mol. The van der Waals surface area contributed by atoms with Crippen LogP contribution in [0, 0.1) is 17.2 Å². The molecule has 1 fully saturated rings. The number of nitrogens with zero attached hydrogens (tertiary/aromatic N) is 2. The van der Waals surface area contributed by atoms with Crippen LogP contribution < -0.4 is 0 Å². The Labute approximate surface area is 139 Å². The molecule has 1 aromatic carbocycles. The molecule has 0 bridgehead atoms. The van der Waals surface area contributed by atoms with Gasteiger partial charge in [-0.2, -0.15) is 5.26 Å². The highest BCUT2D eigenvalue weighted by Crippen LogP contribution is 2.37. The molecular weight excluding hydrogens is 280 g/mol. The Bertz CT molecular complexity index is 656. The molecule has 0 atom stereocenters. The molecule has 0 spiro atoms. The van der Waals surface area contributed by atoms with Gasteiger partial charge in [-0.15, -0.1) is 0 Å². The maximum atomic E-state index is 8.87. The molecule has 2 nitrogen and oxygen atoms in total. The first kappa shape index (κ1) is 15.7. The fourth-order valence-corrected chi connectivity index (χ4v) is 3.73. The van der Waals surface area contributed by atoms with E-state index in [0.717, 1.165) is 17.2 Å². The van der Waals surface area contributed by atoms with Gasteiger partial charge in [0.2, 0.25) is 0 Å². The zero-order chi connectivity index (χ0) is 16.1. The second-order valence-corrected chi connectivity index (χ2v) is 6.67. The lowest BCUT2D eigenvalue weighted by atomic mass is 9.77. The highest BCUT2D eigenvalue weighted by Gasteiger charge is 2.21. The Kier molecular flexibility index (Phi) is 5.08. The zero-order valence-corrected chi connectivity index (χ0v) is 13.8. The fourth-order valence-electron chi connectivity index (χ4n) is 3.73. The third kappa shape index (κ3) is 3.79. The van der Waals surface area contributed by atoms with Crippen LogP contribution in [0.2, 0.25) is 0 Å². The van der Waals surface area contributed by atoms with Gasteiger partial charge in [0.15, 0.2) is 0 Å². The van der Waals surface area contributed by atoms with E-state index in [-0.39, 0.29) is 0 Å². The number of benzene rings is 1. The van der Waals surface area contributed by atoms with Crippen LogP contribution in [0.3, 0.4) is 0 Å². The van der Waals surface area contributed by atoms with Gasteiger partial charge in [-0.3, -0.25) is 4.98 Å². The van der Waals surface area contributed by atoms with Crippen molar-refractivity contribution in [1.29, 1.82) is 5.26 Å². The van der Waals surface area contributed by atoms with Crippen LogP contribution in [0.5, 0.6) is 0 Å². The van der Waals surface area contributed by atoms with E-state index in [2.05, 4.69) is 36.3 Å².